The van der Waals surface area contributed by atoms with Crippen LogP contribution in [0.1, 0.15) is 29.0 Å². The van der Waals surface area contributed by atoms with Crippen LogP contribution in [0.2, 0.25) is 0 Å². The van der Waals surface area contributed by atoms with Crippen LogP contribution in [0.25, 0.3) is 0 Å². The summed E-state index contributed by atoms with van der Waals surface area (Å²) in [6.45, 7) is 0.847. The summed E-state index contributed by atoms with van der Waals surface area (Å²) >= 11 is 0. The van der Waals surface area contributed by atoms with E-state index in [2.05, 4.69) is 4.98 Å². The number of esters is 1. The molecule has 6 nitrogen and oxygen atoms in total. The van der Waals surface area contributed by atoms with E-state index in [1.807, 2.05) is 37.3 Å². The van der Waals surface area contributed by atoms with E-state index < -0.39 is 25.0 Å². The van der Waals surface area contributed by atoms with E-state index in [0.717, 1.165) is 5.56 Å². The van der Waals surface area contributed by atoms with Crippen molar-refractivity contribution in [3.05, 3.63) is 54.1 Å². The second kappa shape index (κ2) is 6.81. The average molecular weight is 288 g/mol. The Morgan fingerprint density at radius 3 is 2.71 bits per heavy atom. The van der Waals surface area contributed by atoms with Crippen LogP contribution in [0.15, 0.2) is 42.9 Å². The van der Waals surface area contributed by atoms with Crippen LogP contribution in [-0.2, 0) is 9.53 Å². The standard InChI is InChI=1S/C15H16N2O4/c1-11(12-5-3-2-4-6-12)17-10-16-7-14(17)15(20)21-9-13(19)8-18/h2-7,10-11,18H,8-9H2,1H3/t11-/m1/s1. The number of ether oxygens (including phenoxy) is 1. The molecule has 110 valence electrons. The fourth-order valence-electron chi connectivity index (χ4n) is 1.93. The molecule has 2 aromatic rings. The van der Waals surface area contributed by atoms with E-state index in [1.54, 1.807) is 10.9 Å². The third-order valence-electron chi connectivity index (χ3n) is 3.12. The van der Waals surface area contributed by atoms with Gasteiger partial charge in [-0.25, -0.2) is 9.78 Å². The predicted octanol–water partition coefficient (Wildman–Crippen LogP) is 1.21. The lowest BCUT2D eigenvalue weighted by molar-refractivity contribution is -0.124. The molecule has 0 saturated heterocycles. The number of aromatic nitrogens is 2. The van der Waals surface area contributed by atoms with E-state index in [-0.39, 0.29) is 11.7 Å². The maximum Gasteiger partial charge on any atom is 0.357 e. The van der Waals surface area contributed by atoms with Gasteiger partial charge in [0.1, 0.15) is 12.3 Å². The van der Waals surface area contributed by atoms with Crippen molar-refractivity contribution in [2.24, 2.45) is 0 Å². The first kappa shape index (κ1) is 14.9. The number of imidazole rings is 1. The van der Waals surface area contributed by atoms with Gasteiger partial charge in [0, 0.05) is 0 Å². The molecule has 2 rings (SSSR count). The molecule has 1 N–H and O–H groups in total. The molecular weight excluding hydrogens is 272 g/mol. The second-order valence-corrected chi connectivity index (χ2v) is 4.55. The highest BCUT2D eigenvalue weighted by molar-refractivity contribution is 5.90. The number of hydrogen-bond acceptors (Lipinski definition) is 5. The van der Waals surface area contributed by atoms with Crippen molar-refractivity contribution >= 4 is 11.8 Å². The third kappa shape index (κ3) is 3.55. The molecule has 0 saturated carbocycles. The van der Waals surface area contributed by atoms with Crippen LogP contribution < -0.4 is 0 Å². The Labute approximate surface area is 122 Å². The number of aliphatic hydroxyl groups excluding tert-OH is 1. The van der Waals surface area contributed by atoms with E-state index in [4.69, 9.17) is 9.84 Å². The summed E-state index contributed by atoms with van der Waals surface area (Å²) in [5.41, 5.74) is 1.29. The van der Waals surface area contributed by atoms with Crippen molar-refractivity contribution in [3.8, 4) is 0 Å². The number of Topliss-reactive ketones (excluding diaryl/α,β-unsaturated/α-hetero) is 1. The second-order valence-electron chi connectivity index (χ2n) is 4.55. The quantitative estimate of drug-likeness (QED) is 0.808. The van der Waals surface area contributed by atoms with Gasteiger partial charge < -0.3 is 14.4 Å². The Balaban J connectivity index is 2.15. The topological polar surface area (TPSA) is 81.4 Å². The Morgan fingerprint density at radius 2 is 2.05 bits per heavy atom. The molecule has 0 fully saturated rings. The SMILES string of the molecule is C[C@H](c1ccccc1)n1cncc1C(=O)OCC(=O)CO. The van der Waals surface area contributed by atoms with Gasteiger partial charge in [-0.15, -0.1) is 0 Å². The third-order valence-corrected chi connectivity index (χ3v) is 3.12. The number of hydrogen-bond donors (Lipinski definition) is 1. The lowest BCUT2D eigenvalue weighted by atomic mass is 10.1. The lowest BCUT2D eigenvalue weighted by Crippen LogP contribution is -2.20. The average Bonchev–Trinajstić information content (AvgIpc) is 3.01. The first-order chi connectivity index (χ1) is 10.1. The minimum Gasteiger partial charge on any atom is -0.453 e. The number of benzene rings is 1. The minimum atomic E-state index is -0.646. The van der Waals surface area contributed by atoms with Crippen molar-refractivity contribution < 1.29 is 19.4 Å². The molecule has 0 aliphatic carbocycles. The first-order valence-corrected chi connectivity index (χ1v) is 6.50. The molecule has 0 spiro atoms. The monoisotopic (exact) mass is 288 g/mol. The minimum absolute atomic E-state index is 0.0928. The van der Waals surface area contributed by atoms with Gasteiger partial charge in [0.2, 0.25) is 0 Å². The van der Waals surface area contributed by atoms with Gasteiger partial charge in [-0.05, 0) is 12.5 Å². The Bertz CT molecular complexity index is 622. The fraction of sp³-hybridized carbons (Fsp3) is 0.267. The molecule has 1 aromatic carbocycles. The number of rotatable bonds is 6. The van der Waals surface area contributed by atoms with Crippen LogP contribution in [0.3, 0.4) is 0 Å². The summed E-state index contributed by atoms with van der Waals surface area (Å²) in [7, 11) is 0. The molecule has 0 unspecified atom stereocenters. The zero-order chi connectivity index (χ0) is 15.2. The van der Waals surface area contributed by atoms with Crippen molar-refractivity contribution in [1.29, 1.82) is 0 Å². The lowest BCUT2D eigenvalue weighted by Gasteiger charge is -2.16. The molecule has 1 atom stereocenters. The van der Waals surface area contributed by atoms with Gasteiger partial charge in [0.15, 0.2) is 12.4 Å². The van der Waals surface area contributed by atoms with Crippen molar-refractivity contribution in [2.75, 3.05) is 13.2 Å². The van der Waals surface area contributed by atoms with Gasteiger partial charge in [-0.1, -0.05) is 30.3 Å². The van der Waals surface area contributed by atoms with Gasteiger partial charge in [0.25, 0.3) is 0 Å². The number of nitrogens with zero attached hydrogens (tertiary/aromatic N) is 2. The molecular formula is C15H16N2O4. The van der Waals surface area contributed by atoms with Gasteiger partial charge in [0.05, 0.1) is 18.6 Å². The highest BCUT2D eigenvalue weighted by Gasteiger charge is 2.18. The molecule has 0 aliphatic heterocycles. The number of ketones is 1. The van der Waals surface area contributed by atoms with Crippen LogP contribution in [0, 0.1) is 0 Å². The number of aliphatic hydroxyl groups is 1. The van der Waals surface area contributed by atoms with Crippen LogP contribution in [0.4, 0.5) is 0 Å². The van der Waals surface area contributed by atoms with Crippen molar-refractivity contribution in [3.63, 3.8) is 0 Å². The normalized spacial score (nSPS) is 11.9. The molecule has 6 heteroatoms. The van der Waals surface area contributed by atoms with Gasteiger partial charge in [-0.2, -0.15) is 0 Å². The fourth-order valence-corrected chi connectivity index (χ4v) is 1.93. The number of carbonyl (C=O) groups is 2. The Hall–Kier alpha value is -2.47. The summed E-state index contributed by atoms with van der Waals surface area (Å²) in [4.78, 5) is 26.9. The van der Waals surface area contributed by atoms with Crippen LogP contribution >= 0.6 is 0 Å². The summed E-state index contributed by atoms with van der Waals surface area (Å²) in [5, 5.41) is 8.61. The summed E-state index contributed by atoms with van der Waals surface area (Å²) in [6.07, 6.45) is 2.94. The largest absolute Gasteiger partial charge is 0.453 e. The zero-order valence-electron chi connectivity index (χ0n) is 11.6. The zero-order valence-corrected chi connectivity index (χ0v) is 11.6. The van der Waals surface area contributed by atoms with Crippen LogP contribution in [-0.4, -0.2) is 39.6 Å². The molecule has 21 heavy (non-hydrogen) atoms. The van der Waals surface area contributed by atoms with E-state index >= 15 is 0 Å². The van der Waals surface area contributed by atoms with Crippen molar-refractivity contribution in [1.82, 2.24) is 9.55 Å². The van der Waals surface area contributed by atoms with E-state index in [9.17, 15) is 9.59 Å². The molecule has 0 amide bonds. The Morgan fingerprint density at radius 1 is 1.33 bits per heavy atom. The highest BCUT2D eigenvalue weighted by Crippen LogP contribution is 2.19. The van der Waals surface area contributed by atoms with E-state index in [1.165, 1.54) is 6.20 Å². The molecule has 0 radical (unpaired) electrons. The molecule has 1 aromatic heterocycles. The highest BCUT2D eigenvalue weighted by atomic mass is 16.5. The van der Waals surface area contributed by atoms with E-state index in [0.29, 0.717) is 0 Å². The Kier molecular flexibility index (Phi) is 4.84. The first-order valence-electron chi connectivity index (χ1n) is 6.50. The maximum atomic E-state index is 12.0. The molecule has 0 bridgehead atoms. The summed E-state index contributed by atoms with van der Waals surface area (Å²) in [5.74, 6) is -1.19. The molecule has 1 heterocycles. The summed E-state index contributed by atoms with van der Waals surface area (Å²) < 4.78 is 6.54. The predicted molar refractivity (Wildman–Crippen MR) is 74.9 cm³/mol. The van der Waals surface area contributed by atoms with Crippen LogP contribution in [0.5, 0.6) is 0 Å². The number of carbonyl (C=O) groups excluding carboxylic acids is 2. The molecule has 0 aliphatic rings. The van der Waals surface area contributed by atoms with Gasteiger partial charge in [-0.3, -0.25) is 4.79 Å². The summed E-state index contributed by atoms with van der Waals surface area (Å²) in [6, 6.07) is 9.57. The maximum absolute atomic E-state index is 12.0. The smallest absolute Gasteiger partial charge is 0.357 e. The van der Waals surface area contributed by atoms with Gasteiger partial charge >= 0.3 is 5.97 Å². The van der Waals surface area contributed by atoms with Crippen molar-refractivity contribution in [2.45, 2.75) is 13.0 Å².